The highest BCUT2D eigenvalue weighted by Crippen LogP contribution is 2.45. The van der Waals surface area contributed by atoms with E-state index in [0.29, 0.717) is 30.4 Å². The predicted octanol–water partition coefficient (Wildman–Crippen LogP) is 9.24. The Morgan fingerprint density at radius 1 is 0.851 bits per heavy atom. The maximum Gasteiger partial charge on any atom is 0.274 e. The Labute approximate surface area is 275 Å². The van der Waals surface area contributed by atoms with Gasteiger partial charge in [-0.1, -0.05) is 54.6 Å². The Hall–Kier alpha value is -5.43. The van der Waals surface area contributed by atoms with Gasteiger partial charge in [-0.3, -0.25) is 4.79 Å². The number of hydrogen-bond acceptors (Lipinski definition) is 6. The van der Waals surface area contributed by atoms with Crippen molar-refractivity contribution in [3.05, 3.63) is 132 Å². The summed E-state index contributed by atoms with van der Waals surface area (Å²) in [7, 11) is 0. The van der Waals surface area contributed by atoms with E-state index in [-0.39, 0.29) is 17.9 Å². The van der Waals surface area contributed by atoms with Crippen molar-refractivity contribution in [1.29, 1.82) is 0 Å². The van der Waals surface area contributed by atoms with Gasteiger partial charge < -0.3 is 13.9 Å². The number of carbonyl (C=O) groups is 1. The van der Waals surface area contributed by atoms with Crippen LogP contribution in [0.5, 0.6) is 11.5 Å². The summed E-state index contributed by atoms with van der Waals surface area (Å²) >= 11 is 0. The Kier molecular flexibility index (Phi) is 8.69. The van der Waals surface area contributed by atoms with E-state index in [9.17, 15) is 4.79 Å². The summed E-state index contributed by atoms with van der Waals surface area (Å²) in [6, 6.07) is 33.3. The molecule has 2 aliphatic rings. The van der Waals surface area contributed by atoms with E-state index in [0.717, 1.165) is 58.7 Å². The lowest BCUT2D eigenvalue weighted by molar-refractivity contribution is 0.0681. The average Bonchev–Trinajstić information content (AvgIpc) is 3.77. The smallest absolute Gasteiger partial charge is 0.274 e. The van der Waals surface area contributed by atoms with Crippen molar-refractivity contribution < 1.29 is 18.7 Å². The first-order valence-electron chi connectivity index (χ1n) is 16.3. The van der Waals surface area contributed by atoms with Gasteiger partial charge in [0.25, 0.3) is 5.91 Å². The summed E-state index contributed by atoms with van der Waals surface area (Å²) < 4.78 is 17.4. The monoisotopic (exact) mass is 623 g/mol. The highest BCUT2D eigenvalue weighted by molar-refractivity contribution is 6.09. The summed E-state index contributed by atoms with van der Waals surface area (Å²) in [5, 5.41) is 6.79. The summed E-state index contributed by atoms with van der Waals surface area (Å²) in [6.07, 6.45) is 6.83. The second kappa shape index (κ2) is 13.5. The van der Waals surface area contributed by atoms with Crippen LogP contribution in [0.25, 0.3) is 28.9 Å². The molecule has 0 bridgehead atoms. The van der Waals surface area contributed by atoms with E-state index < -0.39 is 0 Å². The number of hydrogen-bond donors (Lipinski definition) is 0. The highest BCUT2D eigenvalue weighted by atomic mass is 16.5. The molecular formula is C40H37N3O4. The summed E-state index contributed by atoms with van der Waals surface area (Å²) in [4.78, 5) is 18.8. The van der Waals surface area contributed by atoms with E-state index in [1.807, 2.05) is 92.7 Å². The molecule has 236 valence electrons. The fraction of sp³-hybridized carbons (Fsp3) is 0.225. The van der Waals surface area contributed by atoms with Crippen LogP contribution in [0.2, 0.25) is 0 Å². The number of benzene rings is 4. The van der Waals surface area contributed by atoms with Gasteiger partial charge >= 0.3 is 0 Å². The second-order valence-electron chi connectivity index (χ2n) is 11.7. The van der Waals surface area contributed by atoms with Crippen molar-refractivity contribution in [1.82, 2.24) is 9.99 Å². The Morgan fingerprint density at radius 3 is 2.21 bits per heavy atom. The van der Waals surface area contributed by atoms with Gasteiger partial charge in [-0.05, 0) is 104 Å². The molecule has 0 spiro atoms. The molecule has 47 heavy (non-hydrogen) atoms. The van der Waals surface area contributed by atoms with Gasteiger partial charge in [0.05, 0.1) is 31.2 Å². The molecule has 1 amide bonds. The zero-order chi connectivity index (χ0) is 32.2. The first kappa shape index (κ1) is 30.2. The maximum absolute atomic E-state index is 14.3. The van der Waals surface area contributed by atoms with E-state index in [1.165, 1.54) is 5.57 Å². The number of oxazole rings is 1. The SMILES string of the molecule is CCOc1ccc(/C=C2\CCCC3C2=NN(C(=O)c2ccc(-c4ncc(-c5ccccc5)o4)cc2)C3c2ccc(OCC)cc2)cc1. The summed E-state index contributed by atoms with van der Waals surface area (Å²) in [5.74, 6) is 2.81. The molecule has 1 fully saturated rings. The van der Waals surface area contributed by atoms with E-state index >= 15 is 0 Å². The van der Waals surface area contributed by atoms with Crippen molar-refractivity contribution in [3.8, 4) is 34.3 Å². The van der Waals surface area contributed by atoms with E-state index in [2.05, 4.69) is 35.3 Å². The molecule has 1 saturated carbocycles. The molecule has 7 heteroatoms. The fourth-order valence-corrected chi connectivity index (χ4v) is 6.49. The van der Waals surface area contributed by atoms with Crippen molar-refractivity contribution in [2.45, 2.75) is 39.2 Å². The molecule has 7 rings (SSSR count). The normalized spacial score (nSPS) is 18.1. The summed E-state index contributed by atoms with van der Waals surface area (Å²) in [6.45, 7) is 5.19. The van der Waals surface area contributed by atoms with Crippen LogP contribution in [-0.2, 0) is 0 Å². The minimum Gasteiger partial charge on any atom is -0.494 e. The van der Waals surface area contributed by atoms with Crippen LogP contribution in [-0.4, -0.2) is 34.8 Å². The molecule has 0 N–H and O–H groups in total. The van der Waals surface area contributed by atoms with E-state index in [1.54, 1.807) is 11.2 Å². The molecule has 5 aromatic rings. The first-order valence-corrected chi connectivity index (χ1v) is 16.3. The fourth-order valence-electron chi connectivity index (χ4n) is 6.49. The molecule has 2 unspecified atom stereocenters. The van der Waals surface area contributed by atoms with Gasteiger partial charge in [-0.2, -0.15) is 5.10 Å². The van der Waals surface area contributed by atoms with Crippen molar-refractivity contribution >= 4 is 17.7 Å². The minimum atomic E-state index is -0.225. The lowest BCUT2D eigenvalue weighted by atomic mass is 9.77. The summed E-state index contributed by atoms with van der Waals surface area (Å²) in [5.41, 5.74) is 6.61. The van der Waals surface area contributed by atoms with Gasteiger partial charge in [0, 0.05) is 22.6 Å². The van der Waals surface area contributed by atoms with Crippen molar-refractivity contribution in [2.75, 3.05) is 13.2 Å². The standard InChI is InChI=1S/C40H37N3O4/c1-3-45-33-21-13-27(14-22-33)25-32-11-8-12-35-37(32)42-43(38(35)29-19-23-34(24-20-29)46-4-2)40(44)31-17-15-30(16-18-31)39-41-26-36(47-39)28-9-6-5-7-10-28/h5-7,9-10,13-26,35,38H,3-4,8,11-12H2,1-2H3/b32-25+. The lowest BCUT2D eigenvalue weighted by Gasteiger charge is -2.30. The van der Waals surface area contributed by atoms with Crippen molar-refractivity contribution in [3.63, 3.8) is 0 Å². The largest absolute Gasteiger partial charge is 0.494 e. The Bertz CT molecular complexity index is 1890. The number of amides is 1. The predicted molar refractivity (Wildman–Crippen MR) is 184 cm³/mol. The zero-order valence-corrected chi connectivity index (χ0v) is 26.6. The molecule has 0 radical (unpaired) electrons. The number of hydrazone groups is 1. The van der Waals surface area contributed by atoms with Gasteiger partial charge in [0.2, 0.25) is 5.89 Å². The lowest BCUT2D eigenvalue weighted by Crippen LogP contribution is -2.31. The number of aromatic nitrogens is 1. The van der Waals surface area contributed by atoms with Crippen LogP contribution < -0.4 is 9.47 Å². The number of allylic oxidation sites excluding steroid dienone is 1. The van der Waals surface area contributed by atoms with E-state index in [4.69, 9.17) is 19.0 Å². The maximum atomic E-state index is 14.3. The molecule has 2 atom stereocenters. The quantitative estimate of drug-likeness (QED) is 0.164. The molecule has 7 nitrogen and oxygen atoms in total. The van der Waals surface area contributed by atoms with Gasteiger partial charge in [0.1, 0.15) is 11.5 Å². The van der Waals surface area contributed by atoms with Crippen LogP contribution in [0.4, 0.5) is 0 Å². The van der Waals surface area contributed by atoms with Crippen LogP contribution in [0.15, 0.2) is 124 Å². The number of nitrogens with zero attached hydrogens (tertiary/aromatic N) is 3. The third-order valence-electron chi connectivity index (χ3n) is 8.72. The minimum absolute atomic E-state index is 0.0857. The Balaban J connectivity index is 1.20. The molecule has 1 aliphatic carbocycles. The third kappa shape index (κ3) is 6.34. The number of fused-ring (bicyclic) bond motifs is 1. The number of rotatable bonds is 9. The third-order valence-corrected chi connectivity index (χ3v) is 8.72. The molecule has 1 aliphatic heterocycles. The molecule has 0 saturated heterocycles. The molecule has 4 aromatic carbocycles. The zero-order valence-electron chi connectivity index (χ0n) is 26.6. The average molecular weight is 624 g/mol. The van der Waals surface area contributed by atoms with Crippen LogP contribution in [0.3, 0.4) is 0 Å². The van der Waals surface area contributed by atoms with Crippen molar-refractivity contribution in [2.24, 2.45) is 11.0 Å². The second-order valence-corrected chi connectivity index (χ2v) is 11.7. The van der Waals surface area contributed by atoms with Gasteiger partial charge in [-0.25, -0.2) is 9.99 Å². The Morgan fingerprint density at radius 2 is 1.53 bits per heavy atom. The van der Waals surface area contributed by atoms with Gasteiger partial charge in [-0.15, -0.1) is 0 Å². The van der Waals surface area contributed by atoms with Crippen LogP contribution >= 0.6 is 0 Å². The first-order chi connectivity index (χ1) is 23.1. The topological polar surface area (TPSA) is 77.2 Å². The molecule has 2 heterocycles. The molecule has 1 aromatic heterocycles. The number of ether oxygens (including phenoxy) is 2. The highest BCUT2D eigenvalue weighted by Gasteiger charge is 2.44. The molecular weight excluding hydrogens is 586 g/mol. The number of carbonyl (C=O) groups excluding carboxylic acids is 1. The van der Waals surface area contributed by atoms with Crippen LogP contribution in [0.1, 0.15) is 60.6 Å². The van der Waals surface area contributed by atoms with Gasteiger partial charge in [0.15, 0.2) is 5.76 Å². The van der Waals surface area contributed by atoms with Crippen LogP contribution in [0, 0.1) is 5.92 Å².